The number of nitrogens with one attached hydrogen (secondary N) is 1. The van der Waals surface area contributed by atoms with Gasteiger partial charge in [0.1, 0.15) is 6.04 Å². The lowest BCUT2D eigenvalue weighted by molar-refractivity contribution is -0.124. The Kier molecular flexibility index (Phi) is 7.02. The van der Waals surface area contributed by atoms with Crippen LogP contribution < -0.4 is 5.32 Å². The van der Waals surface area contributed by atoms with Gasteiger partial charge in [-0.15, -0.1) is 0 Å². The Bertz CT molecular complexity index is 409. The van der Waals surface area contributed by atoms with E-state index in [4.69, 9.17) is 11.6 Å². The van der Waals surface area contributed by atoms with Crippen molar-refractivity contribution in [1.29, 1.82) is 0 Å². The molecule has 5 nitrogen and oxygen atoms in total. The van der Waals surface area contributed by atoms with Crippen LogP contribution in [0.3, 0.4) is 0 Å². The van der Waals surface area contributed by atoms with Crippen LogP contribution in [0.1, 0.15) is 38.9 Å². The summed E-state index contributed by atoms with van der Waals surface area (Å²) in [6, 6.07) is -0.338. The molecule has 0 saturated carbocycles. The molecule has 0 aliphatic heterocycles. The normalized spacial score (nSPS) is 12.7. The Labute approximate surface area is 126 Å². The van der Waals surface area contributed by atoms with Crippen LogP contribution in [0.5, 0.6) is 0 Å². The summed E-state index contributed by atoms with van der Waals surface area (Å²) in [5, 5.41) is 7.76. The van der Waals surface area contributed by atoms with Gasteiger partial charge in [-0.3, -0.25) is 9.48 Å². The quantitative estimate of drug-likeness (QED) is 0.749. The molecule has 1 unspecified atom stereocenters. The molecule has 1 rings (SSSR count). The Balaban J connectivity index is 2.35. The second kappa shape index (κ2) is 8.27. The molecular formula is C14H25ClN4O. The minimum atomic E-state index is -0.338. The molecule has 0 bridgehead atoms. The van der Waals surface area contributed by atoms with Crippen molar-refractivity contribution in [2.45, 2.75) is 40.2 Å². The number of carbonyl (C=O) groups excluding carboxylic acids is 1. The molecule has 114 valence electrons. The molecule has 20 heavy (non-hydrogen) atoms. The molecule has 1 amide bonds. The van der Waals surface area contributed by atoms with Gasteiger partial charge in [-0.05, 0) is 39.9 Å². The first kappa shape index (κ1) is 17.0. The van der Waals surface area contributed by atoms with Gasteiger partial charge in [0.05, 0.1) is 10.7 Å². The zero-order valence-electron chi connectivity index (χ0n) is 12.8. The number of aromatic nitrogens is 2. The van der Waals surface area contributed by atoms with E-state index in [9.17, 15) is 4.79 Å². The van der Waals surface area contributed by atoms with Gasteiger partial charge in [-0.1, -0.05) is 25.4 Å². The van der Waals surface area contributed by atoms with Crippen LogP contribution in [0.15, 0.2) is 6.20 Å². The predicted molar refractivity (Wildman–Crippen MR) is 82.1 cm³/mol. The average molecular weight is 301 g/mol. The SMILES string of the molecule is CCN(CC)CCCNC(=O)C(C)n1cc(Cl)c(C)n1. The molecule has 6 heteroatoms. The molecule has 0 radical (unpaired) electrons. The van der Waals surface area contributed by atoms with Crippen molar-refractivity contribution >= 4 is 17.5 Å². The third kappa shape index (κ3) is 4.80. The predicted octanol–water partition coefficient (Wildman–Crippen LogP) is 2.25. The topological polar surface area (TPSA) is 50.2 Å². The van der Waals surface area contributed by atoms with E-state index < -0.39 is 0 Å². The number of rotatable bonds is 8. The summed E-state index contributed by atoms with van der Waals surface area (Å²) in [7, 11) is 0. The summed E-state index contributed by atoms with van der Waals surface area (Å²) in [5.74, 6) is -0.0243. The molecule has 1 N–H and O–H groups in total. The van der Waals surface area contributed by atoms with E-state index in [0.29, 0.717) is 11.6 Å². The number of amides is 1. The second-order valence-electron chi connectivity index (χ2n) is 4.89. The number of hydrogen-bond donors (Lipinski definition) is 1. The highest BCUT2D eigenvalue weighted by molar-refractivity contribution is 6.31. The van der Waals surface area contributed by atoms with Crippen LogP contribution in [0.4, 0.5) is 0 Å². The lowest BCUT2D eigenvalue weighted by Crippen LogP contribution is -2.34. The van der Waals surface area contributed by atoms with Crippen LogP contribution in [0.2, 0.25) is 5.02 Å². The number of halogens is 1. The Morgan fingerprint density at radius 1 is 1.50 bits per heavy atom. The molecule has 0 saturated heterocycles. The van der Waals surface area contributed by atoms with Gasteiger partial charge >= 0.3 is 0 Å². The highest BCUT2D eigenvalue weighted by Gasteiger charge is 2.16. The first-order valence-electron chi connectivity index (χ1n) is 7.20. The molecule has 0 aliphatic carbocycles. The van der Waals surface area contributed by atoms with E-state index in [1.165, 1.54) is 0 Å². The fourth-order valence-corrected chi connectivity index (χ4v) is 2.12. The van der Waals surface area contributed by atoms with Crippen molar-refractivity contribution in [3.05, 3.63) is 16.9 Å². The average Bonchev–Trinajstić information content (AvgIpc) is 2.77. The molecule has 0 fully saturated rings. The summed E-state index contributed by atoms with van der Waals surface area (Å²) in [6.45, 7) is 11.7. The van der Waals surface area contributed by atoms with Crippen LogP contribution in [-0.4, -0.2) is 46.8 Å². The third-order valence-electron chi connectivity index (χ3n) is 3.48. The van der Waals surface area contributed by atoms with E-state index in [2.05, 4.69) is 29.2 Å². The maximum absolute atomic E-state index is 12.0. The highest BCUT2D eigenvalue weighted by Crippen LogP contribution is 2.15. The lowest BCUT2D eigenvalue weighted by Gasteiger charge is -2.18. The van der Waals surface area contributed by atoms with Crippen molar-refractivity contribution in [3.8, 4) is 0 Å². The molecule has 0 aromatic carbocycles. The van der Waals surface area contributed by atoms with E-state index in [1.54, 1.807) is 10.9 Å². The van der Waals surface area contributed by atoms with Crippen molar-refractivity contribution in [2.75, 3.05) is 26.2 Å². The first-order chi connectivity index (χ1) is 9.49. The van der Waals surface area contributed by atoms with Crippen molar-refractivity contribution in [1.82, 2.24) is 20.0 Å². The van der Waals surface area contributed by atoms with E-state index in [-0.39, 0.29) is 11.9 Å². The van der Waals surface area contributed by atoms with Crippen LogP contribution in [-0.2, 0) is 4.79 Å². The maximum Gasteiger partial charge on any atom is 0.244 e. The molecule has 0 aliphatic rings. The fourth-order valence-electron chi connectivity index (χ4n) is 1.98. The molecule has 1 aromatic rings. The van der Waals surface area contributed by atoms with Gasteiger partial charge in [-0.2, -0.15) is 5.10 Å². The van der Waals surface area contributed by atoms with Crippen molar-refractivity contribution in [3.63, 3.8) is 0 Å². The molecule has 0 spiro atoms. The van der Waals surface area contributed by atoms with Gasteiger partial charge in [-0.25, -0.2) is 0 Å². The minimum absolute atomic E-state index is 0.0243. The summed E-state index contributed by atoms with van der Waals surface area (Å²) >= 11 is 5.95. The summed E-state index contributed by atoms with van der Waals surface area (Å²) in [5.41, 5.74) is 0.743. The van der Waals surface area contributed by atoms with Gasteiger partial charge in [0.25, 0.3) is 0 Å². The number of nitrogens with zero attached hydrogens (tertiary/aromatic N) is 3. The Morgan fingerprint density at radius 2 is 2.15 bits per heavy atom. The first-order valence-corrected chi connectivity index (χ1v) is 7.58. The fraction of sp³-hybridized carbons (Fsp3) is 0.714. The van der Waals surface area contributed by atoms with E-state index in [0.717, 1.165) is 31.7 Å². The van der Waals surface area contributed by atoms with E-state index >= 15 is 0 Å². The molecule has 1 heterocycles. The molecule has 1 atom stereocenters. The van der Waals surface area contributed by atoms with Gasteiger partial charge in [0.15, 0.2) is 0 Å². The zero-order valence-corrected chi connectivity index (χ0v) is 13.6. The Morgan fingerprint density at radius 3 is 2.65 bits per heavy atom. The molecular weight excluding hydrogens is 276 g/mol. The number of aryl methyl sites for hydroxylation is 1. The van der Waals surface area contributed by atoms with Gasteiger partial charge in [0, 0.05) is 12.7 Å². The maximum atomic E-state index is 12.0. The monoisotopic (exact) mass is 300 g/mol. The smallest absolute Gasteiger partial charge is 0.244 e. The van der Waals surface area contributed by atoms with Gasteiger partial charge < -0.3 is 10.2 Å². The van der Waals surface area contributed by atoms with Gasteiger partial charge in [0.2, 0.25) is 5.91 Å². The summed E-state index contributed by atoms with van der Waals surface area (Å²) < 4.78 is 1.61. The number of hydrogen-bond acceptors (Lipinski definition) is 3. The van der Waals surface area contributed by atoms with Crippen LogP contribution in [0, 0.1) is 6.92 Å². The minimum Gasteiger partial charge on any atom is -0.354 e. The van der Waals surface area contributed by atoms with Crippen LogP contribution in [0.25, 0.3) is 0 Å². The zero-order chi connectivity index (χ0) is 15.1. The highest BCUT2D eigenvalue weighted by atomic mass is 35.5. The van der Waals surface area contributed by atoms with Crippen molar-refractivity contribution in [2.24, 2.45) is 0 Å². The van der Waals surface area contributed by atoms with E-state index in [1.807, 2.05) is 13.8 Å². The summed E-state index contributed by atoms with van der Waals surface area (Å²) in [6.07, 6.45) is 2.65. The van der Waals surface area contributed by atoms with Crippen molar-refractivity contribution < 1.29 is 4.79 Å². The standard InChI is InChI=1S/C14H25ClN4O/c1-5-18(6-2)9-7-8-16-14(20)12(4)19-10-13(15)11(3)17-19/h10,12H,5-9H2,1-4H3,(H,16,20). The summed E-state index contributed by atoms with van der Waals surface area (Å²) in [4.78, 5) is 14.4. The lowest BCUT2D eigenvalue weighted by atomic mass is 10.3. The third-order valence-corrected chi connectivity index (χ3v) is 3.85. The molecule has 1 aromatic heterocycles. The second-order valence-corrected chi connectivity index (χ2v) is 5.30. The largest absolute Gasteiger partial charge is 0.354 e. The number of carbonyl (C=O) groups is 1. The Hall–Kier alpha value is -1.07. The van der Waals surface area contributed by atoms with Crippen LogP contribution >= 0.6 is 11.6 Å².